The van der Waals surface area contributed by atoms with E-state index in [0.29, 0.717) is 10.6 Å². The molecule has 0 aliphatic heterocycles. The maximum absolute atomic E-state index is 13.9. The minimum absolute atomic E-state index is 0.0186. The first-order chi connectivity index (χ1) is 10.0. The molecule has 0 amide bonds. The van der Waals surface area contributed by atoms with E-state index < -0.39 is 17.5 Å². The van der Waals surface area contributed by atoms with Crippen molar-refractivity contribution >= 4 is 27.4 Å². The van der Waals surface area contributed by atoms with Gasteiger partial charge in [0.05, 0.1) is 10.9 Å². The maximum atomic E-state index is 13.9. The molecule has 1 N–H and O–H groups in total. The van der Waals surface area contributed by atoms with Gasteiger partial charge in [-0.15, -0.1) is 11.3 Å². The van der Waals surface area contributed by atoms with Gasteiger partial charge in [0, 0.05) is 11.9 Å². The lowest BCUT2D eigenvalue weighted by molar-refractivity contribution is 0.448. The van der Waals surface area contributed by atoms with E-state index >= 15 is 0 Å². The van der Waals surface area contributed by atoms with E-state index in [1.54, 1.807) is 7.05 Å². The van der Waals surface area contributed by atoms with Gasteiger partial charge in [-0.1, -0.05) is 0 Å². The van der Waals surface area contributed by atoms with Crippen LogP contribution in [0.5, 0.6) is 0 Å². The highest BCUT2D eigenvalue weighted by atomic mass is 32.1. The monoisotopic (exact) mass is 309 g/mol. The summed E-state index contributed by atoms with van der Waals surface area (Å²) in [7, 11) is 1.68. The quantitative estimate of drug-likeness (QED) is 0.723. The smallest absolute Gasteiger partial charge is 0.195 e. The van der Waals surface area contributed by atoms with Gasteiger partial charge in [0.15, 0.2) is 23.3 Å². The summed E-state index contributed by atoms with van der Waals surface area (Å²) < 4.78 is 40.2. The molecule has 7 heteroatoms. The first kappa shape index (κ1) is 13.8. The lowest BCUT2D eigenvalue weighted by Crippen LogP contribution is -2.00. The fourth-order valence-electron chi connectivity index (χ4n) is 2.05. The van der Waals surface area contributed by atoms with Crippen LogP contribution in [0.1, 0.15) is 4.88 Å². The SMILES string of the molecule is CNc1nc(-c2ccc(F)c(F)c2F)nc2sc(C)cc12. The first-order valence-corrected chi connectivity index (χ1v) is 6.92. The second kappa shape index (κ2) is 5.00. The summed E-state index contributed by atoms with van der Waals surface area (Å²) in [6.45, 7) is 1.92. The average Bonchev–Trinajstić information content (AvgIpc) is 2.84. The van der Waals surface area contributed by atoms with Gasteiger partial charge in [-0.3, -0.25) is 0 Å². The highest BCUT2D eigenvalue weighted by Crippen LogP contribution is 2.32. The number of aromatic nitrogens is 2. The molecule has 0 saturated carbocycles. The molecule has 0 unspecified atom stereocenters. The lowest BCUT2D eigenvalue weighted by Gasteiger charge is -2.07. The molecule has 2 aromatic heterocycles. The van der Waals surface area contributed by atoms with Gasteiger partial charge in [0.25, 0.3) is 0 Å². The second-order valence-electron chi connectivity index (χ2n) is 4.44. The number of halogens is 3. The standard InChI is InChI=1S/C14H10F3N3S/c1-6-5-8-12(18-2)19-13(20-14(8)21-6)7-3-4-9(15)11(17)10(7)16/h3-5H,1-2H3,(H,18,19,20). The number of aryl methyl sites for hydroxylation is 1. The molecule has 0 bridgehead atoms. The number of rotatable bonds is 2. The third-order valence-electron chi connectivity index (χ3n) is 3.03. The summed E-state index contributed by atoms with van der Waals surface area (Å²) in [6.07, 6.45) is 0. The summed E-state index contributed by atoms with van der Waals surface area (Å²) in [5, 5.41) is 3.72. The Bertz CT molecular complexity index is 845. The van der Waals surface area contributed by atoms with E-state index in [4.69, 9.17) is 0 Å². The molecule has 3 nitrogen and oxygen atoms in total. The van der Waals surface area contributed by atoms with Crippen molar-refractivity contribution in [3.63, 3.8) is 0 Å². The molecular formula is C14H10F3N3S. The van der Waals surface area contributed by atoms with Crippen LogP contribution in [-0.2, 0) is 0 Å². The van der Waals surface area contributed by atoms with Gasteiger partial charge < -0.3 is 5.32 Å². The predicted molar refractivity (Wildman–Crippen MR) is 77.0 cm³/mol. The third kappa shape index (κ3) is 2.23. The molecular weight excluding hydrogens is 299 g/mol. The van der Waals surface area contributed by atoms with Crippen molar-refractivity contribution < 1.29 is 13.2 Å². The summed E-state index contributed by atoms with van der Waals surface area (Å²) in [4.78, 5) is 10.1. The van der Waals surface area contributed by atoms with Crippen LogP contribution in [0.15, 0.2) is 18.2 Å². The highest BCUT2D eigenvalue weighted by molar-refractivity contribution is 7.18. The van der Waals surface area contributed by atoms with Gasteiger partial charge in [0.1, 0.15) is 10.6 Å². The van der Waals surface area contributed by atoms with E-state index in [-0.39, 0.29) is 11.4 Å². The van der Waals surface area contributed by atoms with E-state index in [0.717, 1.165) is 22.4 Å². The maximum Gasteiger partial charge on any atom is 0.195 e. The number of anilines is 1. The molecule has 2 heterocycles. The average molecular weight is 309 g/mol. The van der Waals surface area contributed by atoms with Crippen LogP contribution < -0.4 is 5.32 Å². The molecule has 0 aliphatic carbocycles. The molecule has 0 saturated heterocycles. The van der Waals surface area contributed by atoms with Crippen LogP contribution in [0, 0.1) is 24.4 Å². The number of hydrogen-bond donors (Lipinski definition) is 1. The summed E-state index contributed by atoms with van der Waals surface area (Å²) in [5.74, 6) is -3.51. The van der Waals surface area contributed by atoms with Crippen molar-refractivity contribution in [3.8, 4) is 11.4 Å². The Labute approximate surface area is 122 Å². The second-order valence-corrected chi connectivity index (χ2v) is 5.68. The highest BCUT2D eigenvalue weighted by Gasteiger charge is 2.18. The number of benzene rings is 1. The Balaban J connectivity index is 2.28. The minimum Gasteiger partial charge on any atom is -0.372 e. The Morgan fingerprint density at radius 2 is 1.86 bits per heavy atom. The molecule has 1 aromatic carbocycles. The molecule has 0 atom stereocenters. The molecule has 3 rings (SSSR count). The van der Waals surface area contributed by atoms with E-state index in [9.17, 15) is 13.2 Å². The zero-order chi connectivity index (χ0) is 15.1. The zero-order valence-corrected chi connectivity index (χ0v) is 12.0. The van der Waals surface area contributed by atoms with E-state index in [1.807, 2.05) is 13.0 Å². The molecule has 21 heavy (non-hydrogen) atoms. The van der Waals surface area contributed by atoms with Crippen molar-refractivity contribution in [3.05, 3.63) is 40.5 Å². The Morgan fingerprint density at radius 3 is 2.57 bits per heavy atom. The van der Waals surface area contributed by atoms with Crippen LogP contribution in [0.2, 0.25) is 0 Å². The van der Waals surface area contributed by atoms with Crippen LogP contribution in [0.4, 0.5) is 19.0 Å². The van der Waals surface area contributed by atoms with Crippen LogP contribution in [-0.4, -0.2) is 17.0 Å². The van der Waals surface area contributed by atoms with Gasteiger partial charge >= 0.3 is 0 Å². The van der Waals surface area contributed by atoms with Crippen molar-refractivity contribution in [2.75, 3.05) is 12.4 Å². The van der Waals surface area contributed by atoms with Crippen molar-refractivity contribution in [1.82, 2.24) is 9.97 Å². The van der Waals surface area contributed by atoms with Crippen LogP contribution >= 0.6 is 11.3 Å². The van der Waals surface area contributed by atoms with Crippen molar-refractivity contribution in [2.45, 2.75) is 6.92 Å². The summed E-state index contributed by atoms with van der Waals surface area (Å²) in [5.41, 5.74) is -0.168. The molecule has 3 aromatic rings. The summed E-state index contributed by atoms with van der Waals surface area (Å²) >= 11 is 1.42. The zero-order valence-electron chi connectivity index (χ0n) is 11.2. The number of nitrogens with one attached hydrogen (secondary N) is 1. The van der Waals surface area contributed by atoms with Crippen LogP contribution in [0.3, 0.4) is 0 Å². The normalized spacial score (nSPS) is 11.1. The largest absolute Gasteiger partial charge is 0.372 e. The summed E-state index contributed by atoms with van der Waals surface area (Å²) in [6, 6.07) is 3.91. The lowest BCUT2D eigenvalue weighted by atomic mass is 10.2. The first-order valence-electron chi connectivity index (χ1n) is 6.11. The van der Waals surface area contributed by atoms with Crippen molar-refractivity contribution in [2.24, 2.45) is 0 Å². The van der Waals surface area contributed by atoms with Gasteiger partial charge in [-0.2, -0.15) is 0 Å². The van der Waals surface area contributed by atoms with Gasteiger partial charge in [-0.05, 0) is 25.1 Å². The number of thiophene rings is 1. The fourth-order valence-corrected chi connectivity index (χ4v) is 2.93. The van der Waals surface area contributed by atoms with E-state index in [1.165, 1.54) is 11.3 Å². The third-order valence-corrected chi connectivity index (χ3v) is 3.97. The number of fused-ring (bicyclic) bond motifs is 1. The van der Waals surface area contributed by atoms with Crippen molar-refractivity contribution in [1.29, 1.82) is 0 Å². The molecule has 0 radical (unpaired) electrons. The van der Waals surface area contributed by atoms with Gasteiger partial charge in [0.2, 0.25) is 0 Å². The van der Waals surface area contributed by atoms with E-state index in [2.05, 4.69) is 15.3 Å². The fraction of sp³-hybridized carbons (Fsp3) is 0.143. The molecule has 0 aliphatic rings. The van der Waals surface area contributed by atoms with Crippen LogP contribution in [0.25, 0.3) is 21.6 Å². The molecule has 108 valence electrons. The molecule has 0 spiro atoms. The predicted octanol–water partition coefficient (Wildman–Crippen LogP) is 4.13. The minimum atomic E-state index is -1.52. The Kier molecular flexibility index (Phi) is 3.29. The molecule has 0 fully saturated rings. The number of hydrogen-bond acceptors (Lipinski definition) is 4. The topological polar surface area (TPSA) is 37.8 Å². The Morgan fingerprint density at radius 1 is 1.10 bits per heavy atom. The number of nitrogens with zero attached hydrogens (tertiary/aromatic N) is 2. The Hall–Kier alpha value is -2.15. The van der Waals surface area contributed by atoms with Gasteiger partial charge in [-0.25, -0.2) is 23.1 Å².